The second kappa shape index (κ2) is 12.4. The monoisotopic (exact) mass is 518 g/mol. The van der Waals surface area contributed by atoms with Gasteiger partial charge in [0.05, 0.1) is 5.02 Å². The number of carbonyl (C=O) groups is 2. The number of hydrogen-bond donors (Lipinski definition) is 2. The molecule has 0 aromatic heterocycles. The Morgan fingerprint density at radius 3 is 2.11 bits per heavy atom. The molecule has 182 valence electrons. The summed E-state index contributed by atoms with van der Waals surface area (Å²) in [5.41, 5.74) is 2.88. The summed E-state index contributed by atoms with van der Waals surface area (Å²) >= 11 is 8.11. The Bertz CT molecular complexity index is 1320. The van der Waals surface area contributed by atoms with E-state index in [1.54, 1.807) is 23.9 Å². The smallest absolute Gasteiger partial charge is 0.251 e. The van der Waals surface area contributed by atoms with Gasteiger partial charge in [0.15, 0.2) is 0 Å². The molecule has 36 heavy (non-hydrogen) atoms. The highest BCUT2D eigenvalue weighted by Crippen LogP contribution is 2.32. The van der Waals surface area contributed by atoms with Gasteiger partial charge >= 0.3 is 0 Å². The van der Waals surface area contributed by atoms with Gasteiger partial charge in [-0.25, -0.2) is 4.39 Å². The van der Waals surface area contributed by atoms with E-state index >= 15 is 0 Å². The minimum atomic E-state index is -0.851. The van der Waals surface area contributed by atoms with Gasteiger partial charge in [0.2, 0.25) is 5.91 Å². The average Bonchev–Trinajstić information content (AvgIpc) is 2.89. The van der Waals surface area contributed by atoms with Crippen molar-refractivity contribution >= 4 is 40.9 Å². The topological polar surface area (TPSA) is 58.2 Å². The molecule has 0 bridgehead atoms. The third-order valence-corrected chi connectivity index (χ3v) is 7.02. The fourth-order valence-corrected chi connectivity index (χ4v) is 4.78. The average molecular weight is 519 g/mol. The number of hydrogen-bond acceptors (Lipinski definition) is 3. The van der Waals surface area contributed by atoms with Crippen LogP contribution in [0.25, 0.3) is 0 Å². The van der Waals surface area contributed by atoms with Crippen LogP contribution < -0.4 is 10.6 Å². The fourth-order valence-electron chi connectivity index (χ4n) is 3.56. The van der Waals surface area contributed by atoms with Gasteiger partial charge in [-0.3, -0.25) is 9.59 Å². The number of benzene rings is 4. The Labute approximate surface area is 218 Å². The first-order valence-electron chi connectivity index (χ1n) is 11.4. The molecule has 2 N–H and O–H groups in total. The van der Waals surface area contributed by atoms with Crippen LogP contribution in [-0.4, -0.2) is 17.9 Å². The highest BCUT2D eigenvalue weighted by atomic mass is 35.5. The summed E-state index contributed by atoms with van der Waals surface area (Å²) in [6.45, 7) is 0. The van der Waals surface area contributed by atoms with E-state index in [4.69, 9.17) is 11.6 Å². The maximum atomic E-state index is 13.3. The molecule has 4 nitrogen and oxygen atoms in total. The van der Waals surface area contributed by atoms with Crippen molar-refractivity contribution in [3.05, 3.63) is 131 Å². The third-order valence-electron chi connectivity index (χ3n) is 5.45. The van der Waals surface area contributed by atoms with Crippen molar-refractivity contribution in [2.75, 3.05) is 5.32 Å². The molecule has 0 fully saturated rings. The molecule has 0 saturated carbocycles. The van der Waals surface area contributed by atoms with Crippen molar-refractivity contribution < 1.29 is 14.0 Å². The van der Waals surface area contributed by atoms with Gasteiger partial charge in [0, 0.05) is 28.3 Å². The van der Waals surface area contributed by atoms with Crippen molar-refractivity contribution in [3.63, 3.8) is 0 Å². The summed E-state index contributed by atoms with van der Waals surface area (Å²) in [5.74, 6) is -0.500. The molecular formula is C29H24ClFN2O2S. The lowest BCUT2D eigenvalue weighted by atomic mass is 10.0. The number of thioether (sulfide) groups is 1. The largest absolute Gasteiger partial charge is 0.340 e. The zero-order valence-electron chi connectivity index (χ0n) is 19.3. The molecule has 4 rings (SSSR count). The van der Waals surface area contributed by atoms with Crippen LogP contribution in [0.15, 0.2) is 108 Å². The molecular weight excluding hydrogens is 495 g/mol. The molecule has 0 aliphatic carbocycles. The summed E-state index contributed by atoms with van der Waals surface area (Å²) in [4.78, 5) is 26.9. The Morgan fingerprint density at radius 1 is 0.833 bits per heavy atom. The zero-order chi connectivity index (χ0) is 25.3. The van der Waals surface area contributed by atoms with E-state index in [0.29, 0.717) is 17.1 Å². The van der Waals surface area contributed by atoms with E-state index in [1.165, 1.54) is 29.8 Å². The zero-order valence-corrected chi connectivity index (χ0v) is 20.9. The molecule has 0 spiro atoms. The van der Waals surface area contributed by atoms with Crippen LogP contribution in [0.4, 0.5) is 10.1 Å². The fraction of sp³-hybridized carbons (Fsp3) is 0.103. The van der Waals surface area contributed by atoms with Crippen molar-refractivity contribution in [2.45, 2.75) is 23.1 Å². The summed E-state index contributed by atoms with van der Waals surface area (Å²) in [6.07, 6.45) is 0.290. The minimum Gasteiger partial charge on any atom is -0.340 e. The molecule has 7 heteroatoms. The van der Waals surface area contributed by atoms with E-state index in [2.05, 4.69) is 22.8 Å². The van der Waals surface area contributed by atoms with E-state index < -0.39 is 17.8 Å². The van der Waals surface area contributed by atoms with Gasteiger partial charge in [-0.05, 0) is 53.6 Å². The predicted molar refractivity (Wildman–Crippen MR) is 144 cm³/mol. The predicted octanol–water partition coefficient (Wildman–Crippen LogP) is 6.75. The highest BCUT2D eigenvalue weighted by Gasteiger charge is 2.22. The minimum absolute atomic E-state index is 0.269. The van der Waals surface area contributed by atoms with Crippen molar-refractivity contribution in [3.8, 4) is 0 Å². The summed E-state index contributed by atoms with van der Waals surface area (Å²) < 4.78 is 13.3. The lowest BCUT2D eigenvalue weighted by Crippen LogP contribution is -2.45. The first kappa shape index (κ1) is 25.5. The maximum absolute atomic E-state index is 13.3. The molecule has 1 atom stereocenters. The standard InChI is InChI=1S/C29H24ClFN2O2S/c30-25-18-24(15-16-27(25)36-19-21-9-5-2-6-10-21)32-29(35)26(17-20-7-3-1-4-8-20)33-28(34)22-11-13-23(31)14-12-22/h1-16,18,26H,17,19H2,(H,32,35)(H,33,34). The number of nitrogens with one attached hydrogen (secondary N) is 2. The van der Waals surface area contributed by atoms with Gasteiger partial charge < -0.3 is 10.6 Å². The van der Waals surface area contributed by atoms with Crippen LogP contribution in [0.1, 0.15) is 21.5 Å². The normalized spacial score (nSPS) is 11.5. The van der Waals surface area contributed by atoms with Crippen LogP contribution in [0, 0.1) is 5.82 Å². The van der Waals surface area contributed by atoms with E-state index in [1.807, 2.05) is 54.6 Å². The molecule has 0 radical (unpaired) electrons. The van der Waals surface area contributed by atoms with Gasteiger partial charge in [-0.15, -0.1) is 11.8 Å². The van der Waals surface area contributed by atoms with Crippen LogP contribution in [0.2, 0.25) is 5.02 Å². The molecule has 1 unspecified atom stereocenters. The van der Waals surface area contributed by atoms with Crippen LogP contribution >= 0.6 is 23.4 Å². The first-order chi connectivity index (χ1) is 17.5. The van der Waals surface area contributed by atoms with Gasteiger partial charge in [0.1, 0.15) is 11.9 Å². The number of amides is 2. The van der Waals surface area contributed by atoms with E-state index in [0.717, 1.165) is 16.2 Å². The second-order valence-electron chi connectivity index (χ2n) is 8.13. The summed E-state index contributed by atoms with van der Waals surface area (Å²) in [6, 6.07) is 29.2. The van der Waals surface area contributed by atoms with Crippen molar-refractivity contribution in [1.29, 1.82) is 0 Å². The number of anilines is 1. The molecule has 0 heterocycles. The second-order valence-corrected chi connectivity index (χ2v) is 9.56. The van der Waals surface area contributed by atoms with Gasteiger partial charge in [-0.1, -0.05) is 72.3 Å². The van der Waals surface area contributed by atoms with E-state index in [-0.39, 0.29) is 11.5 Å². The molecule has 2 amide bonds. The molecule has 4 aromatic carbocycles. The SMILES string of the molecule is O=C(NC(Cc1ccccc1)C(=O)Nc1ccc(SCc2ccccc2)c(Cl)c1)c1ccc(F)cc1. The highest BCUT2D eigenvalue weighted by molar-refractivity contribution is 7.98. The number of carbonyl (C=O) groups excluding carboxylic acids is 2. The maximum Gasteiger partial charge on any atom is 0.251 e. The Balaban J connectivity index is 1.45. The lowest BCUT2D eigenvalue weighted by molar-refractivity contribution is -0.118. The Kier molecular flexibility index (Phi) is 8.76. The summed E-state index contributed by atoms with van der Waals surface area (Å²) in [5, 5.41) is 6.17. The Morgan fingerprint density at radius 2 is 1.47 bits per heavy atom. The van der Waals surface area contributed by atoms with Gasteiger partial charge in [-0.2, -0.15) is 0 Å². The lowest BCUT2D eigenvalue weighted by Gasteiger charge is -2.19. The third kappa shape index (κ3) is 7.20. The van der Waals surface area contributed by atoms with Crippen molar-refractivity contribution in [1.82, 2.24) is 5.32 Å². The number of halogens is 2. The quantitative estimate of drug-likeness (QED) is 0.241. The first-order valence-corrected chi connectivity index (χ1v) is 12.7. The summed E-state index contributed by atoms with van der Waals surface area (Å²) in [7, 11) is 0. The molecule has 4 aromatic rings. The van der Waals surface area contributed by atoms with E-state index in [9.17, 15) is 14.0 Å². The Hall–Kier alpha value is -3.61. The van der Waals surface area contributed by atoms with Gasteiger partial charge in [0.25, 0.3) is 5.91 Å². The van der Waals surface area contributed by atoms with Crippen LogP contribution in [-0.2, 0) is 17.0 Å². The van der Waals surface area contributed by atoms with Crippen LogP contribution in [0.3, 0.4) is 0 Å². The molecule has 0 saturated heterocycles. The van der Waals surface area contributed by atoms with Crippen molar-refractivity contribution in [2.24, 2.45) is 0 Å². The molecule has 0 aliphatic rings. The molecule has 0 aliphatic heterocycles. The number of rotatable bonds is 9. The van der Waals surface area contributed by atoms with Crippen LogP contribution in [0.5, 0.6) is 0 Å².